The number of nitrogens with zero attached hydrogens (tertiary/aromatic N) is 3. The van der Waals surface area contributed by atoms with Gasteiger partial charge >= 0.3 is 0 Å². The number of allylic oxidation sites excluding steroid dienone is 1. The molecule has 0 spiro atoms. The van der Waals surface area contributed by atoms with Crippen LogP contribution in [0.1, 0.15) is 11.1 Å². The largest absolute Gasteiger partial charge is 0.380 e. The van der Waals surface area contributed by atoms with Crippen molar-refractivity contribution in [3.05, 3.63) is 59.1 Å². The van der Waals surface area contributed by atoms with E-state index >= 15 is 0 Å². The first-order chi connectivity index (χ1) is 15.4. The number of rotatable bonds is 9. The van der Waals surface area contributed by atoms with Crippen LogP contribution in [-0.4, -0.2) is 59.8 Å². The number of aromatic nitrogens is 2. The number of aryl methyl sites for hydroxylation is 1. The number of nitrogens with one attached hydrogen (secondary N) is 4. The summed E-state index contributed by atoms with van der Waals surface area (Å²) in [5, 5.41) is 16.4. The van der Waals surface area contributed by atoms with E-state index in [1.807, 2.05) is 0 Å². The third-order valence-corrected chi connectivity index (χ3v) is 4.64. The van der Waals surface area contributed by atoms with Gasteiger partial charge in [-0.3, -0.25) is 4.79 Å². The highest BCUT2D eigenvalue weighted by molar-refractivity contribution is 5.81. The van der Waals surface area contributed by atoms with Crippen LogP contribution in [0.25, 0.3) is 0 Å². The molecule has 11 heteroatoms. The van der Waals surface area contributed by atoms with Gasteiger partial charge in [0.1, 0.15) is 17.5 Å². The number of halogens is 2. The predicted molar refractivity (Wildman–Crippen MR) is 116 cm³/mol. The maximum Gasteiger partial charge on any atom is 0.242 e. The SMILES string of the molecule is Cc1cnc(N/C(C=N)=C/NCC(=O)N2CCOCC2)nc1NCc1cc(F)cc(F)c1. The van der Waals surface area contributed by atoms with Crippen LogP contribution < -0.4 is 16.0 Å². The molecule has 170 valence electrons. The first kappa shape index (κ1) is 23.1. The van der Waals surface area contributed by atoms with E-state index in [0.29, 0.717) is 43.4 Å². The minimum absolute atomic E-state index is 0.0549. The highest BCUT2D eigenvalue weighted by atomic mass is 19.1. The summed E-state index contributed by atoms with van der Waals surface area (Å²) in [5.74, 6) is -0.653. The standard InChI is InChI=1S/C21H25F2N7O2/c1-14-10-27-21(29-20(14)26-11-15-6-16(22)8-17(23)7-15)28-18(9-24)12-25-13-19(31)30-2-4-32-5-3-30/h6-10,12,24-25H,2-5,11,13H2,1H3,(H2,26,27,28,29)/b18-12+,24-9?. The summed E-state index contributed by atoms with van der Waals surface area (Å²) in [6, 6.07) is 3.30. The first-order valence-corrected chi connectivity index (χ1v) is 10.0. The molecule has 2 aromatic rings. The average Bonchev–Trinajstić information content (AvgIpc) is 2.78. The van der Waals surface area contributed by atoms with E-state index in [4.69, 9.17) is 10.1 Å². The number of ether oxygens (including phenoxy) is 1. The number of carbonyl (C=O) groups is 1. The number of anilines is 2. The summed E-state index contributed by atoms with van der Waals surface area (Å²) in [5.41, 5.74) is 1.52. The molecule has 0 saturated carbocycles. The minimum Gasteiger partial charge on any atom is -0.380 e. The first-order valence-electron chi connectivity index (χ1n) is 10.0. The Hall–Kier alpha value is -3.60. The van der Waals surface area contributed by atoms with Crippen LogP contribution in [0, 0.1) is 24.0 Å². The lowest BCUT2D eigenvalue weighted by Crippen LogP contribution is -2.44. The van der Waals surface area contributed by atoms with Crippen molar-refractivity contribution in [3.63, 3.8) is 0 Å². The van der Waals surface area contributed by atoms with Gasteiger partial charge in [-0.25, -0.2) is 13.8 Å². The Morgan fingerprint density at radius 2 is 1.97 bits per heavy atom. The molecule has 4 N–H and O–H groups in total. The van der Waals surface area contributed by atoms with Crippen LogP contribution >= 0.6 is 0 Å². The van der Waals surface area contributed by atoms with E-state index in [2.05, 4.69) is 25.9 Å². The Balaban J connectivity index is 1.58. The zero-order chi connectivity index (χ0) is 22.9. The minimum atomic E-state index is -0.649. The Bertz CT molecular complexity index is 974. The predicted octanol–water partition coefficient (Wildman–Crippen LogP) is 2.03. The second-order valence-electron chi connectivity index (χ2n) is 7.10. The van der Waals surface area contributed by atoms with Crippen molar-refractivity contribution in [2.45, 2.75) is 13.5 Å². The second kappa shape index (κ2) is 11.1. The van der Waals surface area contributed by atoms with Gasteiger partial charge in [0.25, 0.3) is 0 Å². The van der Waals surface area contributed by atoms with Gasteiger partial charge in [0.15, 0.2) is 0 Å². The molecule has 9 nitrogen and oxygen atoms in total. The van der Waals surface area contributed by atoms with Gasteiger partial charge in [-0.15, -0.1) is 0 Å². The summed E-state index contributed by atoms with van der Waals surface area (Å²) in [6.45, 7) is 4.25. The topological polar surface area (TPSA) is 115 Å². The molecule has 0 unspecified atom stereocenters. The number of benzene rings is 1. The molecule has 0 radical (unpaired) electrons. The molecule has 1 fully saturated rings. The Morgan fingerprint density at radius 3 is 2.66 bits per heavy atom. The van der Waals surface area contributed by atoms with Crippen molar-refractivity contribution in [2.24, 2.45) is 0 Å². The van der Waals surface area contributed by atoms with Crippen molar-refractivity contribution >= 4 is 23.9 Å². The quantitative estimate of drug-likeness (QED) is 0.437. The fraction of sp³-hybridized carbons (Fsp3) is 0.333. The number of morpholine rings is 1. The molecule has 3 rings (SSSR count). The molecule has 1 saturated heterocycles. The lowest BCUT2D eigenvalue weighted by molar-refractivity contribution is -0.134. The normalized spacial score (nSPS) is 14.1. The van der Waals surface area contributed by atoms with Gasteiger partial charge in [0.05, 0.1) is 25.5 Å². The van der Waals surface area contributed by atoms with Crippen molar-refractivity contribution in [1.82, 2.24) is 20.2 Å². The van der Waals surface area contributed by atoms with E-state index in [0.717, 1.165) is 17.8 Å². The van der Waals surface area contributed by atoms with Crippen LogP contribution in [0.3, 0.4) is 0 Å². The highest BCUT2D eigenvalue weighted by Gasteiger charge is 2.15. The van der Waals surface area contributed by atoms with Gasteiger partial charge in [-0.1, -0.05) is 0 Å². The van der Waals surface area contributed by atoms with Crippen molar-refractivity contribution in [1.29, 1.82) is 5.41 Å². The number of amides is 1. The van der Waals surface area contributed by atoms with Gasteiger partial charge in [0.2, 0.25) is 11.9 Å². The van der Waals surface area contributed by atoms with E-state index in [1.165, 1.54) is 18.3 Å². The fourth-order valence-corrected chi connectivity index (χ4v) is 3.00. The van der Waals surface area contributed by atoms with Crippen LogP contribution in [0.2, 0.25) is 0 Å². The maximum atomic E-state index is 13.4. The lowest BCUT2D eigenvalue weighted by atomic mass is 10.2. The zero-order valence-electron chi connectivity index (χ0n) is 17.6. The number of hydrogen-bond acceptors (Lipinski definition) is 8. The summed E-state index contributed by atoms with van der Waals surface area (Å²) >= 11 is 0. The lowest BCUT2D eigenvalue weighted by Gasteiger charge is -2.26. The van der Waals surface area contributed by atoms with Crippen molar-refractivity contribution in [2.75, 3.05) is 43.5 Å². The van der Waals surface area contributed by atoms with Crippen LogP contribution in [0.4, 0.5) is 20.5 Å². The van der Waals surface area contributed by atoms with Gasteiger partial charge < -0.3 is 31.0 Å². The summed E-state index contributed by atoms with van der Waals surface area (Å²) in [6.07, 6.45) is 4.15. The summed E-state index contributed by atoms with van der Waals surface area (Å²) in [7, 11) is 0. The molecule has 1 aliphatic heterocycles. The number of carbonyl (C=O) groups excluding carboxylic acids is 1. The van der Waals surface area contributed by atoms with Gasteiger partial charge in [-0.2, -0.15) is 4.98 Å². The molecule has 32 heavy (non-hydrogen) atoms. The smallest absolute Gasteiger partial charge is 0.242 e. The Kier molecular flexibility index (Phi) is 8.03. The molecule has 1 aromatic heterocycles. The van der Waals surface area contributed by atoms with E-state index in [1.54, 1.807) is 18.0 Å². The van der Waals surface area contributed by atoms with Crippen LogP contribution in [0.5, 0.6) is 0 Å². The summed E-state index contributed by atoms with van der Waals surface area (Å²) < 4.78 is 32.0. The molecule has 0 bridgehead atoms. The second-order valence-corrected chi connectivity index (χ2v) is 7.10. The highest BCUT2D eigenvalue weighted by Crippen LogP contribution is 2.16. The molecule has 1 amide bonds. The molecule has 0 atom stereocenters. The third-order valence-electron chi connectivity index (χ3n) is 4.64. The van der Waals surface area contributed by atoms with Gasteiger partial charge in [0, 0.05) is 49.9 Å². The zero-order valence-corrected chi connectivity index (χ0v) is 17.6. The fourth-order valence-electron chi connectivity index (χ4n) is 3.00. The van der Waals surface area contributed by atoms with Crippen molar-refractivity contribution < 1.29 is 18.3 Å². The van der Waals surface area contributed by atoms with Crippen LogP contribution in [0.15, 0.2) is 36.3 Å². The Morgan fingerprint density at radius 1 is 1.25 bits per heavy atom. The molecule has 1 aromatic carbocycles. The Labute approximate surface area is 184 Å². The third kappa shape index (κ3) is 6.71. The average molecular weight is 445 g/mol. The van der Waals surface area contributed by atoms with Crippen molar-refractivity contribution in [3.8, 4) is 0 Å². The molecular weight excluding hydrogens is 420 g/mol. The number of hydrogen-bond donors (Lipinski definition) is 4. The monoisotopic (exact) mass is 445 g/mol. The van der Waals surface area contributed by atoms with Gasteiger partial charge in [-0.05, 0) is 24.6 Å². The molecule has 2 heterocycles. The van der Waals surface area contributed by atoms with E-state index in [9.17, 15) is 13.6 Å². The van der Waals surface area contributed by atoms with E-state index in [-0.39, 0.29) is 24.9 Å². The summed E-state index contributed by atoms with van der Waals surface area (Å²) in [4.78, 5) is 22.4. The molecular formula is C21H25F2N7O2. The van der Waals surface area contributed by atoms with Crippen LogP contribution in [-0.2, 0) is 16.1 Å². The van der Waals surface area contributed by atoms with E-state index < -0.39 is 11.6 Å². The molecule has 0 aliphatic carbocycles. The maximum absolute atomic E-state index is 13.4. The molecule has 1 aliphatic rings.